The minimum atomic E-state index is -3.21. The molecular weight excluding hydrogens is 356 g/mol. The number of benzene rings is 1. The fourth-order valence-corrected chi connectivity index (χ4v) is 4.27. The van der Waals surface area contributed by atoms with Crippen molar-refractivity contribution in [1.82, 2.24) is 10.3 Å². The van der Waals surface area contributed by atoms with Gasteiger partial charge in [0.25, 0.3) is 5.91 Å². The predicted octanol–water partition coefficient (Wildman–Crippen LogP) is 3.25. The van der Waals surface area contributed by atoms with Crippen molar-refractivity contribution < 1.29 is 13.2 Å². The zero-order valence-electron chi connectivity index (χ0n) is 14.2. The number of carbonyl (C=O) groups excluding carboxylic acids is 1. The molecule has 1 aromatic carbocycles. The molecule has 2 heterocycles. The van der Waals surface area contributed by atoms with Crippen LogP contribution in [0.1, 0.15) is 26.5 Å². The monoisotopic (exact) mass is 374 g/mol. The van der Waals surface area contributed by atoms with E-state index in [2.05, 4.69) is 10.3 Å². The lowest BCUT2D eigenvalue weighted by Crippen LogP contribution is -2.21. The number of amides is 1. The van der Waals surface area contributed by atoms with Crippen molar-refractivity contribution in [2.75, 3.05) is 6.26 Å². The van der Waals surface area contributed by atoms with Gasteiger partial charge in [0.2, 0.25) is 0 Å². The minimum Gasteiger partial charge on any atom is -0.347 e. The molecule has 0 fully saturated rings. The van der Waals surface area contributed by atoms with Crippen molar-refractivity contribution in [2.24, 2.45) is 0 Å². The molecular formula is C18H18N2O3S2. The Kier molecular flexibility index (Phi) is 4.62. The minimum absolute atomic E-state index is 0.160. The van der Waals surface area contributed by atoms with E-state index in [1.807, 2.05) is 26.0 Å². The molecule has 0 saturated heterocycles. The Bertz CT molecular complexity index is 1050. The van der Waals surface area contributed by atoms with Gasteiger partial charge in [-0.1, -0.05) is 12.1 Å². The number of nitrogens with one attached hydrogen (secondary N) is 1. The largest absolute Gasteiger partial charge is 0.347 e. The molecule has 0 aliphatic heterocycles. The molecule has 1 N–H and O–H groups in total. The summed E-state index contributed by atoms with van der Waals surface area (Å²) >= 11 is 1.37. The molecule has 130 valence electrons. The molecule has 0 atom stereocenters. The quantitative estimate of drug-likeness (QED) is 0.761. The second-order valence-corrected chi connectivity index (χ2v) is 9.06. The molecule has 5 nitrogen and oxygen atoms in total. The average Bonchev–Trinajstić information content (AvgIpc) is 2.96. The summed E-state index contributed by atoms with van der Waals surface area (Å²) in [6.45, 7) is 4.28. The SMILES string of the molecule is Cc1cc(C)c2cc(C(=O)NCc3ccc(S(C)(=O)=O)cc3)sc2n1. The summed E-state index contributed by atoms with van der Waals surface area (Å²) in [4.78, 5) is 18.6. The number of nitrogens with zero attached hydrogens (tertiary/aromatic N) is 1. The number of aryl methyl sites for hydroxylation is 2. The maximum atomic E-state index is 12.4. The Hall–Kier alpha value is -2.25. The molecule has 0 aliphatic rings. The van der Waals surface area contributed by atoms with E-state index in [0.717, 1.165) is 27.0 Å². The van der Waals surface area contributed by atoms with Gasteiger partial charge in [0.05, 0.1) is 9.77 Å². The Balaban J connectivity index is 1.73. The molecule has 7 heteroatoms. The maximum absolute atomic E-state index is 12.4. The van der Waals surface area contributed by atoms with Crippen LogP contribution < -0.4 is 5.32 Å². The molecule has 0 saturated carbocycles. The summed E-state index contributed by atoms with van der Waals surface area (Å²) < 4.78 is 22.9. The number of thiophene rings is 1. The van der Waals surface area contributed by atoms with Crippen LogP contribution in [-0.4, -0.2) is 25.6 Å². The Morgan fingerprint density at radius 2 is 1.84 bits per heavy atom. The third-order valence-electron chi connectivity index (χ3n) is 3.87. The van der Waals surface area contributed by atoms with Gasteiger partial charge in [-0.25, -0.2) is 13.4 Å². The van der Waals surface area contributed by atoms with E-state index in [1.165, 1.54) is 17.6 Å². The number of aromatic nitrogens is 1. The van der Waals surface area contributed by atoms with Crippen molar-refractivity contribution in [3.8, 4) is 0 Å². The van der Waals surface area contributed by atoms with Crippen molar-refractivity contribution in [3.63, 3.8) is 0 Å². The highest BCUT2D eigenvalue weighted by molar-refractivity contribution is 7.90. The lowest BCUT2D eigenvalue weighted by molar-refractivity contribution is 0.0955. The van der Waals surface area contributed by atoms with Crippen molar-refractivity contribution in [3.05, 3.63) is 58.1 Å². The van der Waals surface area contributed by atoms with E-state index >= 15 is 0 Å². The summed E-state index contributed by atoms with van der Waals surface area (Å²) in [5.74, 6) is -0.160. The van der Waals surface area contributed by atoms with Gasteiger partial charge in [-0.05, 0) is 49.2 Å². The zero-order chi connectivity index (χ0) is 18.2. The van der Waals surface area contributed by atoms with Crippen molar-refractivity contribution in [2.45, 2.75) is 25.3 Å². The Labute approximate surface area is 150 Å². The van der Waals surface area contributed by atoms with Crippen LogP contribution in [0.4, 0.5) is 0 Å². The van der Waals surface area contributed by atoms with Gasteiger partial charge in [0.15, 0.2) is 9.84 Å². The molecule has 0 spiro atoms. The average molecular weight is 374 g/mol. The summed E-state index contributed by atoms with van der Waals surface area (Å²) in [6, 6.07) is 10.4. The fourth-order valence-electron chi connectivity index (χ4n) is 2.57. The van der Waals surface area contributed by atoms with Gasteiger partial charge >= 0.3 is 0 Å². The van der Waals surface area contributed by atoms with E-state index in [9.17, 15) is 13.2 Å². The third kappa shape index (κ3) is 3.88. The highest BCUT2D eigenvalue weighted by atomic mass is 32.2. The first-order valence-electron chi connectivity index (χ1n) is 7.69. The molecule has 3 aromatic rings. The van der Waals surface area contributed by atoms with Gasteiger partial charge in [-0.3, -0.25) is 4.79 Å². The maximum Gasteiger partial charge on any atom is 0.261 e. The zero-order valence-corrected chi connectivity index (χ0v) is 15.8. The van der Waals surface area contributed by atoms with Crippen molar-refractivity contribution in [1.29, 1.82) is 0 Å². The van der Waals surface area contributed by atoms with Crippen molar-refractivity contribution >= 4 is 37.3 Å². The second kappa shape index (κ2) is 6.57. The van der Waals surface area contributed by atoms with E-state index in [0.29, 0.717) is 11.4 Å². The van der Waals surface area contributed by atoms with E-state index in [-0.39, 0.29) is 10.8 Å². The number of hydrogen-bond donors (Lipinski definition) is 1. The second-order valence-electron chi connectivity index (χ2n) is 6.01. The number of rotatable bonds is 4. The molecule has 0 unspecified atom stereocenters. The smallest absolute Gasteiger partial charge is 0.261 e. The fraction of sp³-hybridized carbons (Fsp3) is 0.222. The molecule has 0 radical (unpaired) electrons. The molecule has 2 aromatic heterocycles. The van der Waals surface area contributed by atoms with E-state index in [1.54, 1.807) is 24.3 Å². The van der Waals surface area contributed by atoms with E-state index in [4.69, 9.17) is 0 Å². The van der Waals surface area contributed by atoms with Crippen LogP contribution in [0.2, 0.25) is 0 Å². The molecule has 25 heavy (non-hydrogen) atoms. The van der Waals surface area contributed by atoms with Crippen LogP contribution >= 0.6 is 11.3 Å². The standard InChI is InChI=1S/C18H18N2O3S2/c1-11-8-12(2)20-18-15(11)9-16(24-18)17(21)19-10-13-4-6-14(7-5-13)25(3,22)23/h4-9H,10H2,1-3H3,(H,19,21). The molecule has 0 aliphatic carbocycles. The molecule has 0 bridgehead atoms. The third-order valence-corrected chi connectivity index (χ3v) is 6.03. The number of sulfone groups is 1. The highest BCUT2D eigenvalue weighted by Crippen LogP contribution is 2.27. The van der Waals surface area contributed by atoms with Gasteiger partial charge in [-0.15, -0.1) is 11.3 Å². The van der Waals surface area contributed by atoms with Gasteiger partial charge in [-0.2, -0.15) is 0 Å². The number of hydrogen-bond acceptors (Lipinski definition) is 5. The highest BCUT2D eigenvalue weighted by Gasteiger charge is 2.13. The first kappa shape index (κ1) is 17.6. The Morgan fingerprint density at radius 3 is 2.48 bits per heavy atom. The summed E-state index contributed by atoms with van der Waals surface area (Å²) in [5, 5.41) is 3.86. The van der Waals surface area contributed by atoms with Crippen LogP contribution in [0.3, 0.4) is 0 Å². The van der Waals surface area contributed by atoms with Gasteiger partial charge in [0, 0.05) is 23.9 Å². The number of fused-ring (bicyclic) bond motifs is 1. The summed E-state index contributed by atoms with van der Waals surface area (Å²) in [6.07, 6.45) is 1.17. The predicted molar refractivity (Wildman–Crippen MR) is 99.8 cm³/mol. The number of pyridine rings is 1. The normalized spacial score (nSPS) is 11.6. The van der Waals surface area contributed by atoms with E-state index < -0.39 is 9.84 Å². The summed E-state index contributed by atoms with van der Waals surface area (Å²) in [7, 11) is -3.21. The first-order chi connectivity index (χ1) is 11.7. The molecule has 3 rings (SSSR count). The van der Waals surface area contributed by atoms with Gasteiger partial charge in [0.1, 0.15) is 4.83 Å². The summed E-state index contributed by atoms with van der Waals surface area (Å²) in [5.41, 5.74) is 2.88. The lowest BCUT2D eigenvalue weighted by atomic mass is 10.2. The van der Waals surface area contributed by atoms with Crippen LogP contribution in [0.15, 0.2) is 41.3 Å². The molecule has 1 amide bonds. The number of carbonyl (C=O) groups is 1. The topological polar surface area (TPSA) is 76.1 Å². The van der Waals surface area contributed by atoms with Gasteiger partial charge < -0.3 is 5.32 Å². The van der Waals surface area contributed by atoms with Crippen LogP contribution in [0.25, 0.3) is 10.2 Å². The van der Waals surface area contributed by atoms with Crippen LogP contribution in [-0.2, 0) is 16.4 Å². The Morgan fingerprint density at radius 1 is 1.16 bits per heavy atom. The lowest BCUT2D eigenvalue weighted by Gasteiger charge is -2.05. The first-order valence-corrected chi connectivity index (χ1v) is 10.4. The van der Waals surface area contributed by atoms with Crippen LogP contribution in [0, 0.1) is 13.8 Å². The van der Waals surface area contributed by atoms with Crippen LogP contribution in [0.5, 0.6) is 0 Å².